The minimum atomic E-state index is 0.245. The van der Waals surface area contributed by atoms with Crippen molar-refractivity contribution in [2.75, 3.05) is 21.1 Å². The molecule has 0 aliphatic heterocycles. The molecule has 2 heteroatoms. The van der Waals surface area contributed by atoms with Crippen LogP contribution in [0.15, 0.2) is 30.3 Å². The first kappa shape index (κ1) is 12.6. The zero-order chi connectivity index (χ0) is 12.3. The van der Waals surface area contributed by atoms with E-state index in [1.807, 2.05) is 0 Å². The van der Waals surface area contributed by atoms with Gasteiger partial charge in [-0.25, -0.2) is 0 Å². The Labute approximate surface area is 105 Å². The molecule has 94 valence electrons. The fraction of sp³-hybridized carbons (Fsp3) is 0.600. The summed E-state index contributed by atoms with van der Waals surface area (Å²) in [5, 5.41) is 3.41. The smallest absolute Gasteiger partial charge is 0.0455 e. The van der Waals surface area contributed by atoms with E-state index >= 15 is 0 Å². The van der Waals surface area contributed by atoms with E-state index in [9.17, 15) is 0 Å². The standard InChI is InChI=1S/C15H24N2/c1-16-14-9-11-15(12-10-14,17(2)3)13-7-5-4-6-8-13/h4-8,14,16H,9-12H2,1-3H3. The van der Waals surface area contributed by atoms with E-state index in [4.69, 9.17) is 0 Å². The molecule has 2 nitrogen and oxygen atoms in total. The highest BCUT2D eigenvalue weighted by molar-refractivity contribution is 5.25. The van der Waals surface area contributed by atoms with Crippen molar-refractivity contribution in [2.45, 2.75) is 37.3 Å². The highest BCUT2D eigenvalue weighted by atomic mass is 15.1. The van der Waals surface area contributed by atoms with Crippen molar-refractivity contribution >= 4 is 0 Å². The molecule has 1 N–H and O–H groups in total. The molecular formula is C15H24N2. The first-order valence-corrected chi connectivity index (χ1v) is 6.59. The lowest BCUT2D eigenvalue weighted by Gasteiger charge is -2.45. The molecule has 0 radical (unpaired) electrons. The van der Waals surface area contributed by atoms with Gasteiger partial charge in [-0.15, -0.1) is 0 Å². The van der Waals surface area contributed by atoms with Crippen LogP contribution in [0.1, 0.15) is 31.2 Å². The molecule has 1 aromatic carbocycles. The molecule has 0 heterocycles. The molecule has 1 aromatic rings. The minimum absolute atomic E-state index is 0.245. The second-order valence-electron chi connectivity index (χ2n) is 5.35. The van der Waals surface area contributed by atoms with E-state index in [2.05, 4.69) is 61.7 Å². The SMILES string of the molecule is CNC1CCC(c2ccccc2)(N(C)C)CC1. The molecule has 0 amide bonds. The van der Waals surface area contributed by atoms with Crippen LogP contribution in [-0.2, 0) is 5.54 Å². The van der Waals surface area contributed by atoms with Crippen molar-refractivity contribution in [3.05, 3.63) is 35.9 Å². The Hall–Kier alpha value is -0.860. The molecule has 0 aromatic heterocycles. The van der Waals surface area contributed by atoms with Crippen LogP contribution >= 0.6 is 0 Å². The largest absolute Gasteiger partial charge is 0.317 e. The van der Waals surface area contributed by atoms with Crippen LogP contribution in [0.3, 0.4) is 0 Å². The third-order valence-corrected chi connectivity index (χ3v) is 4.39. The van der Waals surface area contributed by atoms with Gasteiger partial charge in [-0.3, -0.25) is 4.90 Å². The predicted octanol–water partition coefficient (Wildman–Crippen LogP) is 2.61. The Morgan fingerprint density at radius 2 is 1.71 bits per heavy atom. The van der Waals surface area contributed by atoms with Crippen molar-refractivity contribution in [1.82, 2.24) is 10.2 Å². The van der Waals surface area contributed by atoms with Crippen LogP contribution in [0.25, 0.3) is 0 Å². The molecule has 0 bridgehead atoms. The van der Waals surface area contributed by atoms with Crippen LogP contribution in [-0.4, -0.2) is 32.1 Å². The third-order valence-electron chi connectivity index (χ3n) is 4.39. The van der Waals surface area contributed by atoms with Gasteiger partial charge in [-0.05, 0) is 52.4 Å². The molecule has 1 aliphatic carbocycles. The summed E-state index contributed by atoms with van der Waals surface area (Å²) < 4.78 is 0. The fourth-order valence-electron chi connectivity index (χ4n) is 3.13. The normalized spacial score (nSPS) is 29.5. The van der Waals surface area contributed by atoms with Gasteiger partial charge >= 0.3 is 0 Å². The summed E-state index contributed by atoms with van der Waals surface area (Å²) in [7, 11) is 6.51. The van der Waals surface area contributed by atoms with Gasteiger partial charge in [0, 0.05) is 11.6 Å². The average Bonchev–Trinajstić information content (AvgIpc) is 2.39. The van der Waals surface area contributed by atoms with Crippen molar-refractivity contribution in [1.29, 1.82) is 0 Å². The summed E-state index contributed by atoms with van der Waals surface area (Å²) in [6.45, 7) is 0. The Kier molecular flexibility index (Phi) is 3.85. The molecule has 0 spiro atoms. The average molecular weight is 232 g/mol. The highest BCUT2D eigenvalue weighted by Gasteiger charge is 2.38. The second kappa shape index (κ2) is 5.19. The van der Waals surface area contributed by atoms with Gasteiger partial charge in [0.05, 0.1) is 0 Å². The fourth-order valence-corrected chi connectivity index (χ4v) is 3.13. The number of rotatable bonds is 3. The first-order chi connectivity index (χ1) is 8.19. The van der Waals surface area contributed by atoms with E-state index in [0.717, 1.165) is 0 Å². The number of benzene rings is 1. The minimum Gasteiger partial charge on any atom is -0.317 e. The number of nitrogens with zero attached hydrogens (tertiary/aromatic N) is 1. The Morgan fingerprint density at radius 1 is 1.12 bits per heavy atom. The van der Waals surface area contributed by atoms with Crippen LogP contribution in [0, 0.1) is 0 Å². The van der Waals surface area contributed by atoms with Gasteiger partial charge < -0.3 is 5.32 Å². The molecule has 0 unspecified atom stereocenters. The first-order valence-electron chi connectivity index (χ1n) is 6.59. The summed E-state index contributed by atoms with van der Waals surface area (Å²) in [4.78, 5) is 2.41. The topological polar surface area (TPSA) is 15.3 Å². The van der Waals surface area contributed by atoms with Crippen molar-refractivity contribution in [3.63, 3.8) is 0 Å². The second-order valence-corrected chi connectivity index (χ2v) is 5.35. The molecular weight excluding hydrogens is 208 g/mol. The quantitative estimate of drug-likeness (QED) is 0.862. The summed E-state index contributed by atoms with van der Waals surface area (Å²) in [6, 6.07) is 11.7. The number of hydrogen-bond donors (Lipinski definition) is 1. The van der Waals surface area contributed by atoms with E-state index < -0.39 is 0 Å². The Balaban J connectivity index is 2.24. The zero-order valence-electron chi connectivity index (χ0n) is 11.2. The zero-order valence-corrected chi connectivity index (χ0v) is 11.2. The lowest BCUT2D eigenvalue weighted by atomic mass is 9.74. The highest BCUT2D eigenvalue weighted by Crippen LogP contribution is 2.40. The molecule has 1 saturated carbocycles. The summed E-state index contributed by atoms with van der Waals surface area (Å²) in [5.41, 5.74) is 1.72. The van der Waals surface area contributed by atoms with Gasteiger partial charge in [-0.2, -0.15) is 0 Å². The van der Waals surface area contributed by atoms with Crippen LogP contribution in [0.4, 0.5) is 0 Å². The lowest BCUT2D eigenvalue weighted by molar-refractivity contribution is 0.0870. The third kappa shape index (κ3) is 2.38. The lowest BCUT2D eigenvalue weighted by Crippen LogP contribution is -2.47. The van der Waals surface area contributed by atoms with E-state index in [0.29, 0.717) is 6.04 Å². The van der Waals surface area contributed by atoms with Crippen LogP contribution in [0.5, 0.6) is 0 Å². The monoisotopic (exact) mass is 232 g/mol. The van der Waals surface area contributed by atoms with Crippen LogP contribution < -0.4 is 5.32 Å². The molecule has 17 heavy (non-hydrogen) atoms. The summed E-state index contributed by atoms with van der Waals surface area (Å²) >= 11 is 0. The molecule has 2 rings (SSSR count). The molecule has 1 aliphatic rings. The maximum Gasteiger partial charge on any atom is 0.0455 e. The number of hydrogen-bond acceptors (Lipinski definition) is 2. The summed E-state index contributed by atoms with van der Waals surface area (Å²) in [5.74, 6) is 0. The van der Waals surface area contributed by atoms with Gasteiger partial charge in [0.2, 0.25) is 0 Å². The van der Waals surface area contributed by atoms with Gasteiger partial charge in [-0.1, -0.05) is 30.3 Å². The van der Waals surface area contributed by atoms with Crippen LogP contribution in [0.2, 0.25) is 0 Å². The number of nitrogens with one attached hydrogen (secondary N) is 1. The van der Waals surface area contributed by atoms with E-state index in [1.165, 1.54) is 31.2 Å². The van der Waals surface area contributed by atoms with Crippen molar-refractivity contribution < 1.29 is 0 Å². The van der Waals surface area contributed by atoms with Gasteiger partial charge in [0.15, 0.2) is 0 Å². The van der Waals surface area contributed by atoms with E-state index in [-0.39, 0.29) is 5.54 Å². The predicted molar refractivity (Wildman–Crippen MR) is 73.1 cm³/mol. The molecule has 0 saturated heterocycles. The molecule has 1 fully saturated rings. The summed E-state index contributed by atoms with van der Waals surface area (Å²) in [6.07, 6.45) is 5.03. The maximum absolute atomic E-state index is 3.41. The Morgan fingerprint density at radius 3 is 2.18 bits per heavy atom. The van der Waals surface area contributed by atoms with Crippen molar-refractivity contribution in [2.24, 2.45) is 0 Å². The van der Waals surface area contributed by atoms with Crippen molar-refractivity contribution in [3.8, 4) is 0 Å². The van der Waals surface area contributed by atoms with Gasteiger partial charge in [0.25, 0.3) is 0 Å². The maximum atomic E-state index is 3.41. The molecule has 0 atom stereocenters. The van der Waals surface area contributed by atoms with Gasteiger partial charge in [0.1, 0.15) is 0 Å². The van der Waals surface area contributed by atoms with E-state index in [1.54, 1.807) is 0 Å². The Bertz CT molecular complexity index is 337.